The second kappa shape index (κ2) is 5.58. The van der Waals surface area contributed by atoms with E-state index >= 15 is 0 Å². The lowest BCUT2D eigenvalue weighted by atomic mass is 10.2. The van der Waals surface area contributed by atoms with Crippen LogP contribution in [-0.4, -0.2) is 12.8 Å². The molecule has 0 radical (unpaired) electrons. The molecule has 20 heavy (non-hydrogen) atoms. The molecule has 100 valence electrons. The van der Waals surface area contributed by atoms with Crippen molar-refractivity contribution in [3.05, 3.63) is 54.1 Å². The number of rotatable bonds is 2. The maximum absolute atomic E-state index is 5.35. The third-order valence-corrected chi connectivity index (χ3v) is 2.96. The monoisotopic (exact) mass is 265 g/mol. The van der Waals surface area contributed by atoms with Crippen molar-refractivity contribution in [2.45, 2.75) is 13.0 Å². The number of fused-ring (bicyclic) bond motifs is 1. The van der Waals surface area contributed by atoms with Crippen LogP contribution in [-0.2, 0) is 0 Å². The first-order chi connectivity index (χ1) is 9.81. The van der Waals surface area contributed by atoms with Crippen LogP contribution in [0.5, 0.6) is 11.5 Å². The fraction of sp³-hybridized carbons (Fsp3) is 0.176. The van der Waals surface area contributed by atoms with E-state index in [2.05, 4.69) is 17.2 Å². The molecule has 0 saturated carbocycles. The lowest BCUT2D eigenvalue weighted by Gasteiger charge is -2.09. The van der Waals surface area contributed by atoms with Gasteiger partial charge < -0.3 is 14.8 Å². The van der Waals surface area contributed by atoms with Crippen molar-refractivity contribution in [2.24, 2.45) is 0 Å². The summed E-state index contributed by atoms with van der Waals surface area (Å²) in [5, 5.41) is 3.33. The van der Waals surface area contributed by atoms with Crippen molar-refractivity contribution in [1.29, 1.82) is 0 Å². The zero-order valence-electron chi connectivity index (χ0n) is 11.2. The Bertz CT molecular complexity index is 656. The van der Waals surface area contributed by atoms with Gasteiger partial charge >= 0.3 is 0 Å². The predicted octanol–water partition coefficient (Wildman–Crippen LogP) is 3.27. The van der Waals surface area contributed by atoms with Gasteiger partial charge in [0.25, 0.3) is 0 Å². The lowest BCUT2D eigenvalue weighted by Crippen LogP contribution is -2.12. The second-order valence-corrected chi connectivity index (χ2v) is 4.57. The smallest absolute Gasteiger partial charge is 0.231 e. The summed E-state index contributed by atoms with van der Waals surface area (Å²) in [6.07, 6.45) is 0. The maximum Gasteiger partial charge on any atom is 0.231 e. The van der Waals surface area contributed by atoms with Gasteiger partial charge in [-0.05, 0) is 31.2 Å². The molecule has 3 rings (SSSR count). The maximum atomic E-state index is 5.35. The Morgan fingerprint density at radius 1 is 1.05 bits per heavy atom. The molecular formula is C17H15NO2. The van der Waals surface area contributed by atoms with Gasteiger partial charge in [0.15, 0.2) is 11.5 Å². The van der Waals surface area contributed by atoms with Crippen LogP contribution >= 0.6 is 0 Å². The lowest BCUT2D eigenvalue weighted by molar-refractivity contribution is 0.174. The van der Waals surface area contributed by atoms with Gasteiger partial charge in [0.1, 0.15) is 0 Å². The third-order valence-electron chi connectivity index (χ3n) is 2.96. The summed E-state index contributed by atoms with van der Waals surface area (Å²) in [5.41, 5.74) is 2.00. The first-order valence-electron chi connectivity index (χ1n) is 6.54. The minimum Gasteiger partial charge on any atom is -0.454 e. The minimum absolute atomic E-state index is 0.0515. The Labute approximate surface area is 118 Å². The largest absolute Gasteiger partial charge is 0.454 e. The molecule has 1 N–H and O–H groups in total. The summed E-state index contributed by atoms with van der Waals surface area (Å²) < 4.78 is 10.6. The Morgan fingerprint density at radius 2 is 1.85 bits per heavy atom. The van der Waals surface area contributed by atoms with Crippen molar-refractivity contribution in [3.63, 3.8) is 0 Å². The van der Waals surface area contributed by atoms with Crippen LogP contribution < -0.4 is 14.8 Å². The van der Waals surface area contributed by atoms with Gasteiger partial charge in [-0.3, -0.25) is 0 Å². The molecule has 2 aromatic rings. The van der Waals surface area contributed by atoms with Gasteiger partial charge in [-0.25, -0.2) is 0 Å². The first kappa shape index (κ1) is 12.4. The number of hydrogen-bond donors (Lipinski definition) is 1. The molecule has 0 saturated heterocycles. The Kier molecular flexibility index (Phi) is 3.47. The molecule has 3 heteroatoms. The van der Waals surface area contributed by atoms with Gasteiger partial charge in [0.05, 0.1) is 6.04 Å². The highest BCUT2D eigenvalue weighted by Crippen LogP contribution is 2.34. The number of hydrogen-bond acceptors (Lipinski definition) is 3. The highest BCUT2D eigenvalue weighted by molar-refractivity contribution is 5.56. The van der Waals surface area contributed by atoms with E-state index in [1.54, 1.807) is 0 Å². The van der Waals surface area contributed by atoms with Gasteiger partial charge in [0.2, 0.25) is 6.79 Å². The van der Waals surface area contributed by atoms with E-state index in [1.165, 1.54) is 0 Å². The zero-order valence-corrected chi connectivity index (χ0v) is 11.2. The predicted molar refractivity (Wildman–Crippen MR) is 79.0 cm³/mol. The molecule has 0 spiro atoms. The van der Waals surface area contributed by atoms with Crippen LogP contribution in [0.4, 0.5) is 5.69 Å². The molecular weight excluding hydrogens is 250 g/mol. The summed E-state index contributed by atoms with van der Waals surface area (Å²) >= 11 is 0. The fourth-order valence-electron chi connectivity index (χ4n) is 1.99. The molecule has 0 fully saturated rings. The summed E-state index contributed by atoms with van der Waals surface area (Å²) in [5.74, 6) is 7.90. The zero-order chi connectivity index (χ0) is 13.8. The number of nitrogens with one attached hydrogen (secondary N) is 1. The Morgan fingerprint density at radius 3 is 2.70 bits per heavy atom. The van der Waals surface area contributed by atoms with Crippen LogP contribution in [0.15, 0.2) is 48.5 Å². The highest BCUT2D eigenvalue weighted by Gasteiger charge is 2.13. The highest BCUT2D eigenvalue weighted by atomic mass is 16.7. The summed E-state index contributed by atoms with van der Waals surface area (Å²) in [6.45, 7) is 2.32. The average molecular weight is 265 g/mol. The molecule has 0 aliphatic carbocycles. The number of anilines is 1. The van der Waals surface area contributed by atoms with E-state index in [9.17, 15) is 0 Å². The van der Waals surface area contributed by atoms with E-state index in [1.807, 2.05) is 55.5 Å². The molecule has 3 nitrogen and oxygen atoms in total. The molecule has 0 bridgehead atoms. The minimum atomic E-state index is 0.0515. The standard InChI is InChI=1S/C17H15NO2/c1-13(7-8-14-5-3-2-4-6-14)18-15-9-10-16-17(11-15)20-12-19-16/h2-6,9-11,13,18H,12H2,1H3/t13-/m1/s1. The van der Waals surface area contributed by atoms with E-state index in [-0.39, 0.29) is 6.04 Å². The average Bonchev–Trinajstić information content (AvgIpc) is 2.94. The molecule has 0 aromatic heterocycles. The number of ether oxygens (including phenoxy) is 2. The SMILES string of the molecule is C[C@H](C#Cc1ccccc1)Nc1ccc2c(c1)OCO2. The van der Waals surface area contributed by atoms with Crippen molar-refractivity contribution < 1.29 is 9.47 Å². The fourth-order valence-corrected chi connectivity index (χ4v) is 1.99. The van der Waals surface area contributed by atoms with Crippen molar-refractivity contribution in [1.82, 2.24) is 0 Å². The molecule has 0 unspecified atom stereocenters. The second-order valence-electron chi connectivity index (χ2n) is 4.57. The Hall–Kier alpha value is -2.60. The van der Waals surface area contributed by atoms with E-state index in [4.69, 9.17) is 9.47 Å². The topological polar surface area (TPSA) is 30.5 Å². The molecule has 1 aliphatic heterocycles. The van der Waals surface area contributed by atoms with Crippen LogP contribution in [0, 0.1) is 11.8 Å². The number of benzene rings is 2. The van der Waals surface area contributed by atoms with Gasteiger partial charge in [-0.1, -0.05) is 30.0 Å². The van der Waals surface area contributed by atoms with Crippen LogP contribution in [0.2, 0.25) is 0 Å². The van der Waals surface area contributed by atoms with Crippen LogP contribution in [0.25, 0.3) is 0 Å². The Balaban J connectivity index is 1.67. The summed E-state index contributed by atoms with van der Waals surface area (Å²) in [6, 6.07) is 15.8. The quantitative estimate of drug-likeness (QED) is 0.845. The molecule has 0 amide bonds. The van der Waals surface area contributed by atoms with Crippen molar-refractivity contribution in [3.8, 4) is 23.3 Å². The van der Waals surface area contributed by atoms with Crippen LogP contribution in [0.3, 0.4) is 0 Å². The third kappa shape index (κ3) is 2.86. The van der Waals surface area contributed by atoms with E-state index in [0.29, 0.717) is 6.79 Å². The van der Waals surface area contributed by atoms with Gasteiger partial charge in [-0.15, -0.1) is 0 Å². The van der Waals surface area contributed by atoms with Crippen LogP contribution in [0.1, 0.15) is 12.5 Å². The summed E-state index contributed by atoms with van der Waals surface area (Å²) in [4.78, 5) is 0. The summed E-state index contributed by atoms with van der Waals surface area (Å²) in [7, 11) is 0. The van der Waals surface area contributed by atoms with Crippen molar-refractivity contribution in [2.75, 3.05) is 12.1 Å². The van der Waals surface area contributed by atoms with Gasteiger partial charge in [-0.2, -0.15) is 0 Å². The first-order valence-corrected chi connectivity index (χ1v) is 6.54. The molecule has 2 aromatic carbocycles. The van der Waals surface area contributed by atoms with E-state index < -0.39 is 0 Å². The van der Waals surface area contributed by atoms with Crippen molar-refractivity contribution >= 4 is 5.69 Å². The van der Waals surface area contributed by atoms with E-state index in [0.717, 1.165) is 22.7 Å². The molecule has 1 aliphatic rings. The van der Waals surface area contributed by atoms with Gasteiger partial charge in [0, 0.05) is 17.3 Å². The molecule has 1 heterocycles. The normalized spacial score (nSPS) is 13.2. The molecule has 1 atom stereocenters.